The van der Waals surface area contributed by atoms with E-state index in [4.69, 9.17) is 4.74 Å². The van der Waals surface area contributed by atoms with E-state index < -0.39 is 5.82 Å². The summed E-state index contributed by atoms with van der Waals surface area (Å²) in [6, 6.07) is 8.97. The number of rotatable bonds is 7. The number of nitrogens with zero attached hydrogens (tertiary/aromatic N) is 6. The third-order valence-corrected chi connectivity index (χ3v) is 5.04. The second kappa shape index (κ2) is 10.2. The third-order valence-electron chi connectivity index (χ3n) is 5.04. The lowest BCUT2D eigenvalue weighted by molar-refractivity contribution is 0.122. The Balaban J connectivity index is 1.38. The first kappa shape index (κ1) is 22.4. The van der Waals surface area contributed by atoms with Gasteiger partial charge in [-0.1, -0.05) is 0 Å². The number of nitrogens with one attached hydrogen (secondary N) is 1. The number of aromatic nitrogens is 3. The molecule has 33 heavy (non-hydrogen) atoms. The number of ether oxygens (including phenoxy) is 1. The molecule has 1 aliphatic heterocycles. The lowest BCUT2D eigenvalue weighted by Crippen LogP contribution is -2.37. The lowest BCUT2D eigenvalue weighted by Gasteiger charge is -2.28. The van der Waals surface area contributed by atoms with Gasteiger partial charge in [0.15, 0.2) is 17.5 Å². The molecule has 1 aromatic carbocycles. The molecule has 1 saturated heterocycles. The molecule has 0 spiro atoms. The molecule has 3 heterocycles. The molecule has 10 heteroatoms. The number of benzene rings is 1. The number of morpholine rings is 1. The molecule has 2 N–H and O–H groups in total. The topological polar surface area (TPSA) is 99.0 Å². The summed E-state index contributed by atoms with van der Waals surface area (Å²) >= 11 is 0. The zero-order chi connectivity index (χ0) is 23.2. The van der Waals surface area contributed by atoms with Crippen molar-refractivity contribution in [1.29, 1.82) is 0 Å². The lowest BCUT2D eigenvalue weighted by atomic mass is 10.2. The largest absolute Gasteiger partial charge is 0.508 e. The van der Waals surface area contributed by atoms with Gasteiger partial charge in [0.2, 0.25) is 0 Å². The van der Waals surface area contributed by atoms with Crippen molar-refractivity contribution in [2.24, 2.45) is 4.99 Å². The summed E-state index contributed by atoms with van der Waals surface area (Å²) in [5.74, 6) is 0.462. The fourth-order valence-electron chi connectivity index (χ4n) is 3.34. The third kappa shape index (κ3) is 5.92. The van der Waals surface area contributed by atoms with E-state index in [9.17, 15) is 9.50 Å². The molecule has 9 nitrogen and oxygen atoms in total. The van der Waals surface area contributed by atoms with Crippen LogP contribution in [0.5, 0.6) is 5.75 Å². The van der Waals surface area contributed by atoms with Crippen LogP contribution in [0.15, 0.2) is 47.7 Å². The van der Waals surface area contributed by atoms with Crippen molar-refractivity contribution in [3.8, 4) is 5.75 Å². The Morgan fingerprint density at radius 3 is 2.70 bits per heavy atom. The first-order chi connectivity index (χ1) is 16.0. The number of halogens is 1. The molecule has 0 aliphatic carbocycles. The zero-order valence-electron chi connectivity index (χ0n) is 18.6. The molecule has 172 valence electrons. The summed E-state index contributed by atoms with van der Waals surface area (Å²) in [5.41, 5.74) is 3.08. The highest BCUT2D eigenvalue weighted by molar-refractivity contribution is 5.77. The second-order valence-corrected chi connectivity index (χ2v) is 7.76. The molecule has 3 aromatic rings. The van der Waals surface area contributed by atoms with Crippen LogP contribution in [0.3, 0.4) is 0 Å². The Hall–Kier alpha value is -3.79. The van der Waals surface area contributed by atoms with E-state index in [-0.39, 0.29) is 18.1 Å². The number of hydrogen-bond donors (Lipinski definition) is 2. The molecule has 0 amide bonds. The fourth-order valence-corrected chi connectivity index (χ4v) is 3.34. The number of phenolic OH excluding ortho intramolecular Hbond substituents is 1. The highest BCUT2D eigenvalue weighted by Gasteiger charge is 2.17. The zero-order valence-corrected chi connectivity index (χ0v) is 18.6. The maximum Gasteiger partial charge on any atom is 0.183 e. The summed E-state index contributed by atoms with van der Waals surface area (Å²) in [6.07, 6.45) is 4.50. The van der Waals surface area contributed by atoms with Crippen LogP contribution >= 0.6 is 0 Å². The predicted octanol–water partition coefficient (Wildman–Crippen LogP) is 2.98. The van der Waals surface area contributed by atoms with E-state index in [0.717, 1.165) is 17.1 Å². The average Bonchev–Trinajstić information content (AvgIpc) is 2.81. The summed E-state index contributed by atoms with van der Waals surface area (Å²) in [6.45, 7) is 2.52. The molecule has 2 aromatic heterocycles. The van der Waals surface area contributed by atoms with Crippen LogP contribution in [-0.4, -0.2) is 66.7 Å². The van der Waals surface area contributed by atoms with Crippen LogP contribution in [-0.2, 0) is 11.3 Å². The van der Waals surface area contributed by atoms with E-state index in [1.54, 1.807) is 24.5 Å². The Kier molecular flexibility index (Phi) is 6.94. The van der Waals surface area contributed by atoms with Gasteiger partial charge in [0, 0.05) is 56.9 Å². The average molecular weight is 452 g/mol. The summed E-state index contributed by atoms with van der Waals surface area (Å²) in [4.78, 5) is 20.9. The number of anilines is 4. The van der Waals surface area contributed by atoms with Gasteiger partial charge in [0.1, 0.15) is 5.75 Å². The standard InChI is InChI=1S/C23H26FN7O2/c1-30(2)19-9-18(10-20(32)11-19)28-17-4-3-16(26-13-17)12-25-15-22-27-14-21(24)23(29-22)31-5-7-33-8-6-31/h3-4,9-14,28,32H,5-8,15H2,1-2H3. The van der Waals surface area contributed by atoms with Crippen molar-refractivity contribution in [2.45, 2.75) is 6.54 Å². The molecular formula is C23H26FN7O2. The quantitative estimate of drug-likeness (QED) is 0.529. The van der Waals surface area contributed by atoms with Gasteiger partial charge >= 0.3 is 0 Å². The molecule has 1 aliphatic rings. The van der Waals surface area contributed by atoms with E-state index in [0.29, 0.717) is 37.8 Å². The van der Waals surface area contributed by atoms with Gasteiger partial charge in [-0.25, -0.2) is 14.4 Å². The monoisotopic (exact) mass is 451 g/mol. The summed E-state index contributed by atoms with van der Waals surface area (Å²) in [5, 5.41) is 13.2. The fraction of sp³-hybridized carbons (Fsp3) is 0.304. The normalized spacial score (nSPS) is 14.0. The van der Waals surface area contributed by atoms with Gasteiger partial charge < -0.3 is 25.0 Å². The molecule has 1 fully saturated rings. The minimum Gasteiger partial charge on any atom is -0.508 e. The van der Waals surface area contributed by atoms with Gasteiger partial charge in [-0.05, 0) is 18.2 Å². The summed E-state index contributed by atoms with van der Waals surface area (Å²) < 4.78 is 19.5. The van der Waals surface area contributed by atoms with Crippen LogP contribution in [0.4, 0.5) is 27.3 Å². The van der Waals surface area contributed by atoms with Gasteiger partial charge in [-0.15, -0.1) is 0 Å². The first-order valence-corrected chi connectivity index (χ1v) is 10.6. The van der Waals surface area contributed by atoms with Gasteiger partial charge in [-0.2, -0.15) is 0 Å². The van der Waals surface area contributed by atoms with Crippen LogP contribution in [0.25, 0.3) is 0 Å². The second-order valence-electron chi connectivity index (χ2n) is 7.76. The Morgan fingerprint density at radius 1 is 1.15 bits per heavy atom. The number of phenols is 1. The predicted molar refractivity (Wildman–Crippen MR) is 126 cm³/mol. The Morgan fingerprint density at radius 2 is 1.97 bits per heavy atom. The highest BCUT2D eigenvalue weighted by Crippen LogP contribution is 2.27. The van der Waals surface area contributed by atoms with Crippen molar-refractivity contribution in [1.82, 2.24) is 15.0 Å². The van der Waals surface area contributed by atoms with E-state index in [1.807, 2.05) is 42.1 Å². The molecular weight excluding hydrogens is 425 g/mol. The smallest absolute Gasteiger partial charge is 0.183 e. The number of aromatic hydroxyl groups is 1. The van der Waals surface area contributed by atoms with Crippen molar-refractivity contribution >= 4 is 29.1 Å². The van der Waals surface area contributed by atoms with Crippen LogP contribution in [0.2, 0.25) is 0 Å². The number of aliphatic imine (C=N–C) groups is 1. The first-order valence-electron chi connectivity index (χ1n) is 10.6. The minimum atomic E-state index is -0.446. The van der Waals surface area contributed by atoms with Crippen molar-refractivity contribution in [2.75, 3.05) is 55.5 Å². The highest BCUT2D eigenvalue weighted by atomic mass is 19.1. The molecule has 0 atom stereocenters. The molecule has 0 bridgehead atoms. The minimum absolute atomic E-state index is 0.181. The molecule has 0 saturated carbocycles. The summed E-state index contributed by atoms with van der Waals surface area (Å²) in [7, 11) is 3.82. The van der Waals surface area contributed by atoms with Gasteiger partial charge in [0.25, 0.3) is 0 Å². The number of hydrogen-bond acceptors (Lipinski definition) is 9. The Bertz CT molecular complexity index is 1120. The van der Waals surface area contributed by atoms with Crippen molar-refractivity contribution in [3.63, 3.8) is 0 Å². The van der Waals surface area contributed by atoms with Gasteiger partial charge in [-0.3, -0.25) is 9.98 Å². The van der Waals surface area contributed by atoms with Crippen LogP contribution in [0, 0.1) is 5.82 Å². The van der Waals surface area contributed by atoms with E-state index in [2.05, 4.69) is 25.3 Å². The van der Waals surface area contributed by atoms with E-state index in [1.165, 1.54) is 6.20 Å². The van der Waals surface area contributed by atoms with Gasteiger partial charge in [0.05, 0.1) is 43.5 Å². The van der Waals surface area contributed by atoms with Crippen molar-refractivity contribution in [3.05, 3.63) is 60.1 Å². The van der Waals surface area contributed by atoms with Crippen LogP contribution in [0.1, 0.15) is 11.5 Å². The van der Waals surface area contributed by atoms with Crippen LogP contribution < -0.4 is 15.1 Å². The molecule has 4 rings (SSSR count). The molecule has 0 unspecified atom stereocenters. The SMILES string of the molecule is CN(C)c1cc(O)cc(Nc2ccc(C=NCc3ncc(F)c(N4CCOCC4)n3)nc2)c1. The molecule has 0 radical (unpaired) electrons. The van der Waals surface area contributed by atoms with E-state index >= 15 is 0 Å². The Labute approximate surface area is 191 Å². The van der Waals surface area contributed by atoms with Crippen molar-refractivity contribution < 1.29 is 14.2 Å². The number of pyridine rings is 1. The maximum absolute atomic E-state index is 14.1. The maximum atomic E-state index is 14.1.